The fraction of sp³-hybridized carbons (Fsp3) is 0.333. The number of ether oxygens (including phenoxy) is 2. The third-order valence-corrected chi connectivity index (χ3v) is 6.08. The Morgan fingerprint density at radius 1 is 0.806 bits per heavy atom. The topological polar surface area (TPSA) is 76.7 Å². The van der Waals surface area contributed by atoms with Crippen LogP contribution in [0.4, 0.5) is 11.4 Å². The van der Waals surface area contributed by atoms with E-state index in [4.69, 9.17) is 9.47 Å². The number of carbonyl (C=O) groups excluding carboxylic acids is 2. The van der Waals surface area contributed by atoms with Gasteiger partial charge in [0.25, 0.3) is 0 Å². The molecule has 3 aromatic carbocycles. The molecule has 0 atom stereocenters. The zero-order valence-electron chi connectivity index (χ0n) is 21.8. The molecule has 3 rings (SSSR count). The Hall–Kier alpha value is -3.80. The lowest BCUT2D eigenvalue weighted by atomic mass is 9.96. The first kappa shape index (κ1) is 26.8. The molecule has 6 heteroatoms. The fourth-order valence-electron chi connectivity index (χ4n) is 4.29. The van der Waals surface area contributed by atoms with Gasteiger partial charge in [-0.25, -0.2) is 9.59 Å². The summed E-state index contributed by atoms with van der Waals surface area (Å²) in [5.41, 5.74) is 6.07. The highest BCUT2D eigenvalue weighted by molar-refractivity contribution is 5.96. The highest BCUT2D eigenvalue weighted by Gasteiger charge is 2.18. The number of methoxy groups -OCH3 is 2. The summed E-state index contributed by atoms with van der Waals surface area (Å²) in [6.45, 7) is 6.60. The smallest absolute Gasteiger partial charge is 0.339 e. The van der Waals surface area contributed by atoms with E-state index in [1.807, 2.05) is 24.3 Å². The van der Waals surface area contributed by atoms with Gasteiger partial charge in [0.15, 0.2) is 0 Å². The van der Waals surface area contributed by atoms with E-state index in [2.05, 4.69) is 49.6 Å². The molecule has 0 bridgehead atoms. The van der Waals surface area contributed by atoms with Crippen LogP contribution in [0.3, 0.4) is 0 Å². The Kier molecular flexibility index (Phi) is 9.51. The summed E-state index contributed by atoms with van der Waals surface area (Å²) in [4.78, 5) is 24.7. The number of nitrogens with one attached hydrogen (secondary N) is 2. The number of esters is 2. The summed E-state index contributed by atoms with van der Waals surface area (Å²) in [6.07, 6.45) is 2.28. The van der Waals surface area contributed by atoms with Gasteiger partial charge >= 0.3 is 11.9 Å². The van der Waals surface area contributed by atoms with Crippen molar-refractivity contribution in [3.05, 3.63) is 94.5 Å². The minimum Gasteiger partial charge on any atom is -0.465 e. The molecular weight excluding hydrogens is 452 g/mol. The molecule has 3 aromatic rings. The Morgan fingerprint density at radius 3 is 1.81 bits per heavy atom. The average Bonchev–Trinajstić information content (AvgIpc) is 2.87. The summed E-state index contributed by atoms with van der Waals surface area (Å²) in [6, 6.07) is 21.2. The molecule has 190 valence electrons. The number of aryl methyl sites for hydroxylation is 2. The highest BCUT2D eigenvalue weighted by Crippen LogP contribution is 2.23. The van der Waals surface area contributed by atoms with Crippen LogP contribution in [-0.2, 0) is 22.3 Å². The van der Waals surface area contributed by atoms with Crippen molar-refractivity contribution in [3.8, 4) is 0 Å². The molecule has 0 saturated heterocycles. The number of hydrogen-bond donors (Lipinski definition) is 2. The molecule has 0 aliphatic carbocycles. The summed E-state index contributed by atoms with van der Waals surface area (Å²) in [7, 11) is 2.74. The fourth-order valence-corrected chi connectivity index (χ4v) is 4.29. The maximum absolute atomic E-state index is 12.3. The van der Waals surface area contributed by atoms with E-state index >= 15 is 0 Å². The van der Waals surface area contributed by atoms with E-state index in [1.165, 1.54) is 30.9 Å². The van der Waals surface area contributed by atoms with Crippen LogP contribution in [0.2, 0.25) is 0 Å². The van der Waals surface area contributed by atoms with Crippen LogP contribution in [-0.4, -0.2) is 32.3 Å². The lowest BCUT2D eigenvalue weighted by molar-refractivity contribution is 0.0593. The predicted molar refractivity (Wildman–Crippen MR) is 145 cm³/mol. The average molecular weight is 489 g/mol. The van der Waals surface area contributed by atoms with Crippen LogP contribution in [0.1, 0.15) is 57.7 Å². The van der Waals surface area contributed by atoms with E-state index in [9.17, 15) is 9.59 Å². The Balaban J connectivity index is 1.88. The second-order valence-corrected chi connectivity index (χ2v) is 9.31. The molecule has 0 heterocycles. The standard InChI is InChI=1S/C30H36N2O4/c1-20(2)18-22-14-15-23(21(3)19-22)16-17-28(31-26-12-8-6-10-24(26)29(33)35-4)32-27-13-9-7-11-25(27)30(34)36-5/h6-15,19-20,28,31-32H,16-18H2,1-5H3. The Bertz CT molecular complexity index is 1130. The minimum absolute atomic E-state index is 0.281. The zero-order chi connectivity index (χ0) is 26.1. The third kappa shape index (κ3) is 7.11. The molecule has 0 radical (unpaired) electrons. The van der Waals surface area contributed by atoms with Crippen LogP contribution in [0, 0.1) is 12.8 Å². The van der Waals surface area contributed by atoms with Crippen LogP contribution < -0.4 is 10.6 Å². The van der Waals surface area contributed by atoms with Crippen molar-refractivity contribution < 1.29 is 19.1 Å². The van der Waals surface area contributed by atoms with Crippen LogP contribution in [0.5, 0.6) is 0 Å². The molecule has 0 amide bonds. The number of rotatable bonds is 11. The molecule has 0 aliphatic rings. The first-order valence-corrected chi connectivity index (χ1v) is 12.3. The van der Waals surface area contributed by atoms with Gasteiger partial charge in [0, 0.05) is 0 Å². The van der Waals surface area contributed by atoms with Gasteiger partial charge in [0.2, 0.25) is 0 Å². The molecule has 0 saturated carbocycles. The van der Waals surface area contributed by atoms with Crippen molar-refractivity contribution in [2.24, 2.45) is 5.92 Å². The van der Waals surface area contributed by atoms with Gasteiger partial charge in [-0.3, -0.25) is 0 Å². The number of para-hydroxylation sites is 2. The molecular formula is C30H36N2O4. The van der Waals surface area contributed by atoms with Gasteiger partial charge < -0.3 is 20.1 Å². The molecule has 0 unspecified atom stereocenters. The normalized spacial score (nSPS) is 10.9. The van der Waals surface area contributed by atoms with Crippen molar-refractivity contribution in [1.82, 2.24) is 0 Å². The van der Waals surface area contributed by atoms with E-state index in [0.717, 1.165) is 12.8 Å². The number of benzene rings is 3. The van der Waals surface area contributed by atoms with Crippen LogP contribution >= 0.6 is 0 Å². The number of hydrogen-bond acceptors (Lipinski definition) is 6. The van der Waals surface area contributed by atoms with E-state index in [1.54, 1.807) is 24.3 Å². The number of carbonyl (C=O) groups is 2. The van der Waals surface area contributed by atoms with Gasteiger partial charge in [-0.05, 0) is 73.1 Å². The molecule has 2 N–H and O–H groups in total. The maximum Gasteiger partial charge on any atom is 0.339 e. The minimum atomic E-state index is -0.414. The molecule has 0 aliphatic heterocycles. The first-order valence-electron chi connectivity index (χ1n) is 12.3. The van der Waals surface area contributed by atoms with Crippen molar-refractivity contribution in [3.63, 3.8) is 0 Å². The molecule has 0 aromatic heterocycles. The molecule has 6 nitrogen and oxygen atoms in total. The van der Waals surface area contributed by atoms with Crippen LogP contribution in [0.25, 0.3) is 0 Å². The molecule has 0 fully saturated rings. The molecule has 36 heavy (non-hydrogen) atoms. The van der Waals surface area contributed by atoms with Crippen molar-refractivity contribution >= 4 is 23.3 Å². The van der Waals surface area contributed by atoms with Crippen molar-refractivity contribution in [1.29, 1.82) is 0 Å². The van der Waals surface area contributed by atoms with Crippen LogP contribution in [0.15, 0.2) is 66.7 Å². The monoisotopic (exact) mass is 488 g/mol. The maximum atomic E-state index is 12.3. The largest absolute Gasteiger partial charge is 0.465 e. The van der Waals surface area contributed by atoms with Gasteiger partial charge in [0.1, 0.15) is 0 Å². The van der Waals surface area contributed by atoms with Gasteiger partial charge in [-0.1, -0.05) is 56.3 Å². The summed E-state index contributed by atoms with van der Waals surface area (Å²) in [5, 5.41) is 6.92. The SMILES string of the molecule is COC(=O)c1ccccc1NC(CCc1ccc(CC(C)C)cc1C)Nc1ccccc1C(=O)OC. The van der Waals surface area contributed by atoms with Gasteiger partial charge in [-0.15, -0.1) is 0 Å². The number of anilines is 2. The highest BCUT2D eigenvalue weighted by atomic mass is 16.5. The summed E-state index contributed by atoms with van der Waals surface area (Å²) in [5.74, 6) is -0.218. The van der Waals surface area contributed by atoms with Gasteiger partial charge in [0.05, 0.1) is 42.9 Å². The predicted octanol–water partition coefficient (Wildman–Crippen LogP) is 6.25. The van der Waals surface area contributed by atoms with E-state index in [-0.39, 0.29) is 6.17 Å². The van der Waals surface area contributed by atoms with E-state index < -0.39 is 11.9 Å². The zero-order valence-corrected chi connectivity index (χ0v) is 21.8. The third-order valence-electron chi connectivity index (χ3n) is 6.08. The summed E-state index contributed by atoms with van der Waals surface area (Å²) < 4.78 is 9.93. The van der Waals surface area contributed by atoms with Gasteiger partial charge in [-0.2, -0.15) is 0 Å². The Labute approximate surface area is 214 Å². The second kappa shape index (κ2) is 12.8. The Morgan fingerprint density at radius 2 is 1.33 bits per heavy atom. The first-order chi connectivity index (χ1) is 17.3. The summed E-state index contributed by atoms with van der Waals surface area (Å²) >= 11 is 0. The quantitative estimate of drug-likeness (QED) is 0.245. The molecule has 0 spiro atoms. The van der Waals surface area contributed by atoms with Crippen molar-refractivity contribution in [2.75, 3.05) is 24.9 Å². The van der Waals surface area contributed by atoms with E-state index in [0.29, 0.717) is 34.8 Å². The lowest BCUT2D eigenvalue weighted by Gasteiger charge is -2.25. The lowest BCUT2D eigenvalue weighted by Crippen LogP contribution is -2.31. The second-order valence-electron chi connectivity index (χ2n) is 9.31. The van der Waals surface area contributed by atoms with Crippen molar-refractivity contribution in [2.45, 2.75) is 46.2 Å².